The normalized spacial score (nSPS) is 12.7. The number of ether oxygens (including phenoxy) is 1. The number of carbonyl (C=O) groups excluding carboxylic acids is 1. The van der Waals surface area contributed by atoms with Crippen molar-refractivity contribution in [2.24, 2.45) is 9.98 Å². The molecule has 35 heavy (non-hydrogen) atoms. The van der Waals surface area contributed by atoms with Gasteiger partial charge >= 0.3 is 6.18 Å². The first-order valence-corrected chi connectivity index (χ1v) is 10.8. The van der Waals surface area contributed by atoms with Gasteiger partial charge in [0, 0.05) is 6.21 Å². The number of hydrogen-bond donors (Lipinski definition) is 1. The third-order valence-electron chi connectivity index (χ3n) is 4.93. The molecule has 3 rings (SSSR count). The number of aryl methyl sites for hydroxylation is 1. The number of aliphatic imine (C=N–C) groups is 2. The Morgan fingerprint density at radius 1 is 1.11 bits per heavy atom. The summed E-state index contributed by atoms with van der Waals surface area (Å²) in [6, 6.07) is 17.7. The number of alkyl halides is 3. The summed E-state index contributed by atoms with van der Waals surface area (Å²) in [6.45, 7) is 2.34. The molecule has 3 aromatic rings. The fourth-order valence-electron chi connectivity index (χ4n) is 3.10. The van der Waals surface area contributed by atoms with Crippen LogP contribution in [0.3, 0.4) is 0 Å². The number of aromatic nitrogens is 1. The number of halogens is 3. The molecule has 182 valence electrons. The van der Waals surface area contributed by atoms with Crippen LogP contribution in [-0.2, 0) is 11.2 Å². The van der Waals surface area contributed by atoms with Crippen LogP contribution in [0.2, 0.25) is 0 Å². The van der Waals surface area contributed by atoms with E-state index in [-0.39, 0.29) is 18.1 Å². The number of amides is 1. The van der Waals surface area contributed by atoms with Gasteiger partial charge in [0.1, 0.15) is 12.1 Å². The topological polar surface area (TPSA) is 75.9 Å². The maximum atomic E-state index is 12.4. The summed E-state index contributed by atoms with van der Waals surface area (Å²) in [4.78, 5) is 25.0. The first-order chi connectivity index (χ1) is 16.7. The molecule has 1 aromatic heterocycles. The predicted octanol–water partition coefficient (Wildman–Crippen LogP) is 5.53. The molecular weight excluding hydrogens is 457 g/mol. The van der Waals surface area contributed by atoms with Gasteiger partial charge in [-0.3, -0.25) is 9.78 Å². The van der Waals surface area contributed by atoms with E-state index in [1.54, 1.807) is 13.1 Å². The maximum absolute atomic E-state index is 12.4. The minimum absolute atomic E-state index is 0.00896. The first kappa shape index (κ1) is 25.6. The zero-order valence-electron chi connectivity index (χ0n) is 19.3. The van der Waals surface area contributed by atoms with Crippen LogP contribution in [0.25, 0.3) is 0 Å². The Labute approximate surface area is 201 Å². The molecule has 0 aliphatic heterocycles. The molecule has 9 heteroatoms. The van der Waals surface area contributed by atoms with E-state index in [0.717, 1.165) is 22.4 Å². The van der Waals surface area contributed by atoms with Gasteiger partial charge in [-0.15, -0.1) is 0 Å². The number of hydrogen-bond acceptors (Lipinski definition) is 4. The second-order valence-electron chi connectivity index (χ2n) is 7.84. The number of nitrogens with zero attached hydrogens (tertiary/aromatic N) is 3. The fraction of sp³-hybridized carbons (Fsp3) is 0.231. The van der Waals surface area contributed by atoms with Crippen LogP contribution in [0, 0.1) is 6.92 Å². The molecule has 0 bridgehead atoms. The Kier molecular flexibility index (Phi) is 8.72. The number of para-hydroxylation sites is 1. The number of carbonyl (C=O) groups is 1. The summed E-state index contributed by atoms with van der Waals surface area (Å²) < 4.78 is 41.3. The van der Waals surface area contributed by atoms with Crippen molar-refractivity contribution < 1.29 is 22.7 Å². The highest BCUT2D eigenvalue weighted by atomic mass is 19.4. The Hall–Kier alpha value is -4.01. The smallest absolute Gasteiger partial charge is 0.422 e. The van der Waals surface area contributed by atoms with Crippen molar-refractivity contribution in [3.8, 4) is 5.75 Å². The lowest BCUT2D eigenvalue weighted by Crippen LogP contribution is -2.28. The SMILES string of the molecule is Cc1ccccc1N=CN=Cc1ccc(CC(=O)N[C@H](C)c2ccc(OCC(F)(F)F)cn2)cc1. The van der Waals surface area contributed by atoms with Crippen molar-refractivity contribution in [2.75, 3.05) is 6.61 Å². The molecular formula is C26H25F3N4O2. The average Bonchev–Trinajstić information content (AvgIpc) is 2.82. The van der Waals surface area contributed by atoms with E-state index in [1.165, 1.54) is 24.7 Å². The van der Waals surface area contributed by atoms with E-state index >= 15 is 0 Å². The molecule has 0 aliphatic rings. The summed E-state index contributed by atoms with van der Waals surface area (Å²) in [6.07, 6.45) is 0.134. The monoisotopic (exact) mass is 482 g/mol. The van der Waals surface area contributed by atoms with Gasteiger partial charge in [-0.1, -0.05) is 42.5 Å². The molecule has 1 heterocycles. The second kappa shape index (κ2) is 11.9. The Balaban J connectivity index is 1.48. The van der Waals surface area contributed by atoms with Gasteiger partial charge in [-0.2, -0.15) is 13.2 Å². The molecule has 0 spiro atoms. The third-order valence-corrected chi connectivity index (χ3v) is 4.93. The van der Waals surface area contributed by atoms with Crippen molar-refractivity contribution in [2.45, 2.75) is 32.5 Å². The molecule has 0 saturated carbocycles. The van der Waals surface area contributed by atoms with Crippen LogP contribution in [0.4, 0.5) is 18.9 Å². The number of pyridine rings is 1. The number of nitrogens with one attached hydrogen (secondary N) is 1. The highest BCUT2D eigenvalue weighted by Gasteiger charge is 2.28. The zero-order valence-corrected chi connectivity index (χ0v) is 19.3. The van der Waals surface area contributed by atoms with Crippen molar-refractivity contribution >= 4 is 24.1 Å². The summed E-state index contributed by atoms with van der Waals surface area (Å²) in [5.41, 5.74) is 4.14. The molecule has 6 nitrogen and oxygen atoms in total. The van der Waals surface area contributed by atoms with Gasteiger partial charge in [0.15, 0.2) is 6.61 Å². The Morgan fingerprint density at radius 2 is 1.86 bits per heavy atom. The molecule has 0 fully saturated rings. The standard InChI is InChI=1S/C26H25F3N4O2/c1-18-5-3-4-6-23(18)32-17-30-14-21-9-7-20(8-10-21)13-25(34)33-19(2)24-12-11-22(15-31-24)35-16-26(27,28)29/h3-12,14-15,17,19H,13,16H2,1-2H3,(H,33,34)/t19-/m1/s1. The van der Waals surface area contributed by atoms with Crippen LogP contribution < -0.4 is 10.1 Å². The average molecular weight is 483 g/mol. The van der Waals surface area contributed by atoms with Crippen molar-refractivity contribution in [3.05, 3.63) is 89.2 Å². The Bertz CT molecular complexity index is 1170. The van der Waals surface area contributed by atoms with E-state index in [2.05, 4.69) is 25.0 Å². The quantitative estimate of drug-likeness (QED) is 0.322. The Morgan fingerprint density at radius 3 is 2.51 bits per heavy atom. The molecule has 2 aromatic carbocycles. The number of rotatable bonds is 9. The van der Waals surface area contributed by atoms with Gasteiger partial charge < -0.3 is 10.1 Å². The maximum Gasteiger partial charge on any atom is 0.422 e. The summed E-state index contributed by atoms with van der Waals surface area (Å²) in [5, 5.41) is 2.83. The highest BCUT2D eigenvalue weighted by molar-refractivity contribution is 5.86. The van der Waals surface area contributed by atoms with Crippen LogP contribution >= 0.6 is 0 Å². The molecule has 1 N–H and O–H groups in total. The van der Waals surface area contributed by atoms with Crippen molar-refractivity contribution in [1.29, 1.82) is 0 Å². The molecule has 0 unspecified atom stereocenters. The number of benzene rings is 2. The molecule has 1 amide bonds. The van der Waals surface area contributed by atoms with Gasteiger partial charge in [0.05, 0.1) is 30.0 Å². The molecule has 0 saturated heterocycles. The third kappa shape index (κ3) is 8.69. The highest BCUT2D eigenvalue weighted by Crippen LogP contribution is 2.19. The van der Waals surface area contributed by atoms with E-state index in [9.17, 15) is 18.0 Å². The summed E-state index contributed by atoms with van der Waals surface area (Å²) >= 11 is 0. The van der Waals surface area contributed by atoms with Gasteiger partial charge in [-0.05, 0) is 48.7 Å². The molecule has 0 aliphatic carbocycles. The minimum atomic E-state index is -4.42. The van der Waals surface area contributed by atoms with Crippen molar-refractivity contribution in [1.82, 2.24) is 10.3 Å². The van der Waals surface area contributed by atoms with Crippen molar-refractivity contribution in [3.63, 3.8) is 0 Å². The lowest BCUT2D eigenvalue weighted by atomic mass is 10.1. The zero-order chi connectivity index (χ0) is 25.3. The van der Waals surface area contributed by atoms with Gasteiger partial charge in [0.25, 0.3) is 0 Å². The van der Waals surface area contributed by atoms with Crippen LogP contribution in [0.15, 0.2) is 76.8 Å². The fourth-order valence-corrected chi connectivity index (χ4v) is 3.10. The predicted molar refractivity (Wildman–Crippen MR) is 129 cm³/mol. The summed E-state index contributed by atoms with van der Waals surface area (Å²) in [7, 11) is 0. The van der Waals surface area contributed by atoms with E-state index in [0.29, 0.717) is 5.69 Å². The van der Waals surface area contributed by atoms with Gasteiger partial charge in [-0.25, -0.2) is 9.98 Å². The van der Waals surface area contributed by atoms with E-state index in [1.807, 2.05) is 55.5 Å². The van der Waals surface area contributed by atoms with Crippen LogP contribution in [0.1, 0.15) is 35.3 Å². The largest absolute Gasteiger partial charge is 0.483 e. The van der Waals surface area contributed by atoms with Crippen LogP contribution in [-0.4, -0.2) is 36.2 Å². The van der Waals surface area contributed by atoms with E-state index < -0.39 is 18.8 Å². The summed E-state index contributed by atoms with van der Waals surface area (Å²) in [5.74, 6) is -0.196. The lowest BCUT2D eigenvalue weighted by molar-refractivity contribution is -0.153. The second-order valence-corrected chi connectivity index (χ2v) is 7.84. The molecule has 1 atom stereocenters. The minimum Gasteiger partial charge on any atom is -0.483 e. The van der Waals surface area contributed by atoms with Gasteiger partial charge in [0.2, 0.25) is 5.91 Å². The van der Waals surface area contributed by atoms with E-state index in [4.69, 9.17) is 0 Å². The first-order valence-electron chi connectivity index (χ1n) is 10.8. The molecule has 0 radical (unpaired) electrons. The van der Waals surface area contributed by atoms with Crippen LogP contribution in [0.5, 0.6) is 5.75 Å². The lowest BCUT2D eigenvalue weighted by Gasteiger charge is -2.14.